The molecule has 6 rings (SSSR count). The molecule has 8 nitrogen and oxygen atoms in total. The minimum absolute atomic E-state index is 0.133. The standard InChI is InChI=1S/C30H36N6O2Si/c1-20-14-25-24(29(33-18-32-25)35-10-11-38-28-9-7-6-8-27(28)35)16-23(20)22-15-26-30(31-17-22)36(21(2)34-26)19-37-12-13-39(3,4)5/h6-9,14-18,20,23H,10-13,19H2,1-5H3. The summed E-state index contributed by atoms with van der Waals surface area (Å²) in [7, 11) is -1.13. The summed E-state index contributed by atoms with van der Waals surface area (Å²) in [6, 6.07) is 11.5. The Hall–Kier alpha value is -3.56. The number of aromatic nitrogens is 5. The SMILES string of the molecule is Cc1nc2cc(C3C=c4c(N5CCOc6ccccc65)ncnc4=CC3C)cnc2n1COCC[Si](C)(C)C. The van der Waals surface area contributed by atoms with E-state index in [-0.39, 0.29) is 11.8 Å². The molecule has 4 heterocycles. The van der Waals surface area contributed by atoms with Crippen LogP contribution in [0.1, 0.15) is 24.2 Å². The van der Waals surface area contributed by atoms with Crippen molar-refractivity contribution in [3.8, 4) is 5.75 Å². The first-order valence-corrected chi connectivity index (χ1v) is 17.4. The van der Waals surface area contributed by atoms with Crippen LogP contribution in [-0.2, 0) is 11.5 Å². The fourth-order valence-corrected chi connectivity index (χ4v) is 6.15. The van der Waals surface area contributed by atoms with Gasteiger partial charge >= 0.3 is 0 Å². The normalized spacial score (nSPS) is 18.6. The van der Waals surface area contributed by atoms with Crippen LogP contribution in [0.25, 0.3) is 23.3 Å². The number of ether oxygens (including phenoxy) is 2. The Balaban J connectivity index is 1.33. The van der Waals surface area contributed by atoms with Gasteiger partial charge in [0.25, 0.3) is 0 Å². The molecular weight excluding hydrogens is 504 g/mol. The predicted molar refractivity (Wildman–Crippen MR) is 157 cm³/mol. The molecule has 2 atom stereocenters. The molecule has 1 aromatic carbocycles. The second-order valence-electron chi connectivity index (χ2n) is 11.7. The third kappa shape index (κ3) is 5.08. The Labute approximate surface area is 230 Å². The van der Waals surface area contributed by atoms with E-state index in [0.717, 1.165) is 69.6 Å². The van der Waals surface area contributed by atoms with Gasteiger partial charge in [0.05, 0.1) is 17.6 Å². The molecule has 4 aromatic rings. The molecule has 0 saturated carbocycles. The van der Waals surface area contributed by atoms with Crippen LogP contribution in [0.4, 0.5) is 11.5 Å². The predicted octanol–water partition coefficient (Wildman–Crippen LogP) is 4.37. The molecule has 9 heteroatoms. The van der Waals surface area contributed by atoms with E-state index >= 15 is 0 Å². The van der Waals surface area contributed by atoms with Crippen LogP contribution in [0, 0.1) is 12.8 Å². The molecule has 0 spiro atoms. The fourth-order valence-electron chi connectivity index (χ4n) is 5.39. The number of anilines is 2. The molecule has 2 aliphatic rings. The van der Waals surface area contributed by atoms with E-state index in [4.69, 9.17) is 24.4 Å². The van der Waals surface area contributed by atoms with E-state index in [1.807, 2.05) is 31.3 Å². The van der Waals surface area contributed by atoms with Gasteiger partial charge in [0.1, 0.15) is 42.6 Å². The molecule has 0 fully saturated rings. The lowest BCUT2D eigenvalue weighted by molar-refractivity contribution is 0.0881. The maximum absolute atomic E-state index is 6.02. The van der Waals surface area contributed by atoms with Gasteiger partial charge in [-0.1, -0.05) is 50.8 Å². The molecule has 0 N–H and O–H groups in total. The van der Waals surface area contributed by atoms with Crippen molar-refractivity contribution in [2.75, 3.05) is 24.7 Å². The van der Waals surface area contributed by atoms with Crippen molar-refractivity contribution in [2.45, 2.75) is 52.2 Å². The van der Waals surface area contributed by atoms with E-state index < -0.39 is 8.07 Å². The highest BCUT2D eigenvalue weighted by atomic mass is 28.3. The van der Waals surface area contributed by atoms with E-state index in [1.54, 1.807) is 6.33 Å². The van der Waals surface area contributed by atoms with E-state index in [2.05, 4.69) is 65.3 Å². The summed E-state index contributed by atoms with van der Waals surface area (Å²) in [5.74, 6) is 3.10. The lowest BCUT2D eigenvalue weighted by Gasteiger charge is -2.31. The van der Waals surface area contributed by atoms with Crippen LogP contribution >= 0.6 is 0 Å². The molecule has 0 radical (unpaired) electrons. The molecule has 0 bridgehead atoms. The lowest BCUT2D eigenvalue weighted by Crippen LogP contribution is -2.41. The van der Waals surface area contributed by atoms with Crippen LogP contribution in [0.3, 0.4) is 0 Å². The largest absolute Gasteiger partial charge is 0.490 e. The molecule has 0 amide bonds. The minimum Gasteiger partial charge on any atom is -0.490 e. The van der Waals surface area contributed by atoms with E-state index in [1.165, 1.54) is 0 Å². The second kappa shape index (κ2) is 10.2. The fraction of sp³-hybridized carbons (Fsp3) is 0.400. The van der Waals surface area contributed by atoms with Crippen molar-refractivity contribution in [2.24, 2.45) is 5.92 Å². The smallest absolute Gasteiger partial charge is 0.161 e. The van der Waals surface area contributed by atoms with Crippen molar-refractivity contribution >= 4 is 42.9 Å². The van der Waals surface area contributed by atoms with Crippen molar-refractivity contribution in [3.63, 3.8) is 0 Å². The first-order chi connectivity index (χ1) is 18.8. The number of hydrogen-bond donors (Lipinski definition) is 0. The lowest BCUT2D eigenvalue weighted by atomic mass is 9.84. The molecule has 3 aromatic heterocycles. The second-order valence-corrected chi connectivity index (χ2v) is 17.4. The summed E-state index contributed by atoms with van der Waals surface area (Å²) in [6.07, 6.45) is 8.21. The summed E-state index contributed by atoms with van der Waals surface area (Å²) in [4.78, 5) is 21.3. The summed E-state index contributed by atoms with van der Waals surface area (Å²) in [5, 5.41) is 2.02. The van der Waals surface area contributed by atoms with Crippen molar-refractivity contribution < 1.29 is 9.47 Å². The first-order valence-electron chi connectivity index (χ1n) is 13.7. The zero-order chi connectivity index (χ0) is 27.1. The molecule has 0 saturated heterocycles. The van der Waals surface area contributed by atoms with Crippen LogP contribution in [0.5, 0.6) is 5.75 Å². The quantitative estimate of drug-likeness (QED) is 0.254. The highest BCUT2D eigenvalue weighted by Gasteiger charge is 2.25. The highest BCUT2D eigenvalue weighted by molar-refractivity contribution is 6.76. The number of rotatable bonds is 7. The van der Waals surface area contributed by atoms with Gasteiger partial charge in [0.15, 0.2) is 5.65 Å². The van der Waals surface area contributed by atoms with Gasteiger partial charge in [0, 0.05) is 32.0 Å². The number of imidazole rings is 1. The average Bonchev–Trinajstić information content (AvgIpc) is 3.23. The zero-order valence-corrected chi connectivity index (χ0v) is 24.4. The number of nitrogens with zero attached hydrogens (tertiary/aromatic N) is 6. The Bertz CT molecular complexity index is 1640. The van der Waals surface area contributed by atoms with Crippen molar-refractivity contribution in [1.29, 1.82) is 0 Å². The number of aryl methyl sites for hydroxylation is 1. The third-order valence-corrected chi connectivity index (χ3v) is 9.31. The molecule has 39 heavy (non-hydrogen) atoms. The topological polar surface area (TPSA) is 78.2 Å². The number of hydrogen-bond acceptors (Lipinski definition) is 7. The van der Waals surface area contributed by atoms with Gasteiger partial charge < -0.3 is 14.4 Å². The molecule has 1 aliphatic carbocycles. The Morgan fingerprint density at radius 2 is 1.95 bits per heavy atom. The summed E-state index contributed by atoms with van der Waals surface area (Å²) >= 11 is 0. The summed E-state index contributed by atoms with van der Waals surface area (Å²) < 4.78 is 14.0. The highest BCUT2D eigenvalue weighted by Crippen LogP contribution is 2.35. The Kier molecular flexibility index (Phi) is 6.72. The van der Waals surface area contributed by atoms with E-state index in [0.29, 0.717) is 13.3 Å². The summed E-state index contributed by atoms with van der Waals surface area (Å²) in [5.41, 5.74) is 3.94. The summed E-state index contributed by atoms with van der Waals surface area (Å²) in [6.45, 7) is 14.0. The number of para-hydroxylation sites is 2. The minimum atomic E-state index is -1.13. The monoisotopic (exact) mass is 540 g/mol. The van der Waals surface area contributed by atoms with Gasteiger partial charge in [-0.2, -0.15) is 0 Å². The zero-order valence-electron chi connectivity index (χ0n) is 23.4. The number of fused-ring (bicyclic) bond motifs is 3. The van der Waals surface area contributed by atoms with Crippen LogP contribution < -0.4 is 20.2 Å². The van der Waals surface area contributed by atoms with Crippen molar-refractivity contribution in [1.82, 2.24) is 24.5 Å². The maximum Gasteiger partial charge on any atom is 0.161 e. The molecule has 202 valence electrons. The molecule has 2 unspecified atom stereocenters. The van der Waals surface area contributed by atoms with Gasteiger partial charge in [-0.3, -0.25) is 4.57 Å². The van der Waals surface area contributed by atoms with Gasteiger partial charge in [-0.05, 0) is 42.6 Å². The Morgan fingerprint density at radius 1 is 1.10 bits per heavy atom. The van der Waals surface area contributed by atoms with Gasteiger partial charge in [-0.15, -0.1) is 0 Å². The van der Waals surface area contributed by atoms with Gasteiger partial charge in [0.2, 0.25) is 0 Å². The molecular formula is C30H36N6O2Si. The van der Waals surface area contributed by atoms with Crippen LogP contribution in [0.2, 0.25) is 25.7 Å². The van der Waals surface area contributed by atoms with E-state index in [9.17, 15) is 0 Å². The van der Waals surface area contributed by atoms with Crippen molar-refractivity contribution in [3.05, 3.63) is 64.8 Å². The third-order valence-electron chi connectivity index (χ3n) is 7.61. The van der Waals surface area contributed by atoms with Crippen LogP contribution in [0.15, 0.2) is 42.9 Å². The number of pyridine rings is 1. The molecule has 1 aliphatic heterocycles. The van der Waals surface area contributed by atoms with Gasteiger partial charge in [-0.25, -0.2) is 19.9 Å². The maximum atomic E-state index is 6.02. The first kappa shape index (κ1) is 25.7. The number of benzene rings is 1. The Morgan fingerprint density at radius 3 is 2.79 bits per heavy atom. The van der Waals surface area contributed by atoms with Crippen LogP contribution in [-0.4, -0.2) is 52.3 Å². The average molecular weight is 541 g/mol.